The van der Waals surface area contributed by atoms with E-state index in [2.05, 4.69) is 29.2 Å². The Morgan fingerprint density at radius 2 is 1.64 bits per heavy atom. The smallest absolute Gasteiger partial charge is 0.281 e. The first-order valence-corrected chi connectivity index (χ1v) is 9.34. The topological polar surface area (TPSA) is 43.9 Å². The van der Waals surface area contributed by atoms with Crippen molar-refractivity contribution in [1.82, 2.24) is 13.5 Å². The van der Waals surface area contributed by atoms with Crippen LogP contribution in [0.25, 0.3) is 0 Å². The first-order chi connectivity index (χ1) is 10.5. The van der Waals surface area contributed by atoms with Crippen molar-refractivity contribution in [2.45, 2.75) is 19.3 Å². The van der Waals surface area contributed by atoms with E-state index in [0.29, 0.717) is 13.1 Å². The van der Waals surface area contributed by atoms with Gasteiger partial charge in [-0.1, -0.05) is 30.3 Å². The number of aryl methyl sites for hydroxylation is 1. The second-order valence-corrected chi connectivity index (χ2v) is 8.12. The molecule has 0 aromatic heterocycles. The van der Waals surface area contributed by atoms with Crippen molar-refractivity contribution in [3.63, 3.8) is 0 Å². The van der Waals surface area contributed by atoms with E-state index >= 15 is 0 Å². The van der Waals surface area contributed by atoms with E-state index in [9.17, 15) is 8.42 Å². The highest BCUT2D eigenvalue weighted by molar-refractivity contribution is 7.86. The number of piperazine rings is 1. The monoisotopic (exact) mass is 325 g/mol. The molecule has 22 heavy (non-hydrogen) atoms. The van der Waals surface area contributed by atoms with Crippen molar-refractivity contribution in [2.75, 3.05) is 46.8 Å². The molecule has 0 amide bonds. The fourth-order valence-electron chi connectivity index (χ4n) is 2.72. The van der Waals surface area contributed by atoms with E-state index in [4.69, 9.17) is 0 Å². The molecule has 0 spiro atoms. The van der Waals surface area contributed by atoms with Crippen LogP contribution in [0.3, 0.4) is 0 Å². The average Bonchev–Trinajstić information content (AvgIpc) is 2.53. The van der Waals surface area contributed by atoms with Gasteiger partial charge in [-0.25, -0.2) is 0 Å². The summed E-state index contributed by atoms with van der Waals surface area (Å²) in [4.78, 5) is 2.37. The molecule has 1 aromatic rings. The van der Waals surface area contributed by atoms with Gasteiger partial charge in [0.2, 0.25) is 0 Å². The maximum absolute atomic E-state index is 12.0. The fourth-order valence-corrected chi connectivity index (χ4v) is 3.81. The van der Waals surface area contributed by atoms with Crippen LogP contribution in [-0.4, -0.2) is 68.7 Å². The van der Waals surface area contributed by atoms with Gasteiger partial charge in [0.05, 0.1) is 0 Å². The highest BCUT2D eigenvalue weighted by Crippen LogP contribution is 2.11. The molecular weight excluding hydrogens is 298 g/mol. The molecular formula is C16H27N3O2S. The molecule has 0 atom stereocenters. The number of hydrogen-bond donors (Lipinski definition) is 0. The summed E-state index contributed by atoms with van der Waals surface area (Å²) in [5, 5.41) is 0. The third-order valence-electron chi connectivity index (χ3n) is 4.15. The van der Waals surface area contributed by atoms with Gasteiger partial charge in [0.25, 0.3) is 10.2 Å². The maximum Gasteiger partial charge on any atom is 0.281 e. The van der Waals surface area contributed by atoms with Gasteiger partial charge in [-0.05, 0) is 31.4 Å². The molecule has 0 unspecified atom stereocenters. The lowest BCUT2D eigenvalue weighted by atomic mass is 10.1. The van der Waals surface area contributed by atoms with Crippen LogP contribution in [0.15, 0.2) is 30.3 Å². The first kappa shape index (κ1) is 17.4. The van der Waals surface area contributed by atoms with Crippen LogP contribution in [0.1, 0.15) is 18.4 Å². The molecule has 1 saturated heterocycles. The van der Waals surface area contributed by atoms with Crippen LogP contribution in [0, 0.1) is 0 Å². The molecule has 0 radical (unpaired) electrons. The van der Waals surface area contributed by atoms with Crippen molar-refractivity contribution >= 4 is 10.2 Å². The molecule has 6 heteroatoms. The number of benzene rings is 1. The number of rotatable bonds is 7. The highest BCUT2D eigenvalue weighted by Gasteiger charge is 2.28. The lowest BCUT2D eigenvalue weighted by Gasteiger charge is -2.35. The summed E-state index contributed by atoms with van der Waals surface area (Å²) in [6.45, 7) is 3.91. The number of nitrogens with zero attached hydrogens (tertiary/aromatic N) is 3. The van der Waals surface area contributed by atoms with Gasteiger partial charge < -0.3 is 4.90 Å². The average molecular weight is 325 g/mol. The van der Waals surface area contributed by atoms with Crippen molar-refractivity contribution in [2.24, 2.45) is 0 Å². The van der Waals surface area contributed by atoms with Crippen LogP contribution in [0.5, 0.6) is 0 Å². The Bertz CT molecular complexity index is 538. The lowest BCUT2D eigenvalue weighted by molar-refractivity contribution is 0.181. The summed E-state index contributed by atoms with van der Waals surface area (Å²) in [6, 6.07) is 10.6. The summed E-state index contributed by atoms with van der Waals surface area (Å²) in [7, 11) is -0.0674. The molecule has 1 aliphatic heterocycles. The van der Waals surface area contributed by atoms with E-state index in [1.54, 1.807) is 18.4 Å². The Morgan fingerprint density at radius 1 is 1.00 bits per heavy atom. The van der Waals surface area contributed by atoms with Crippen molar-refractivity contribution < 1.29 is 8.42 Å². The normalized spacial score (nSPS) is 18.0. The van der Waals surface area contributed by atoms with Gasteiger partial charge in [-0.15, -0.1) is 0 Å². The quantitative estimate of drug-likeness (QED) is 0.713. The van der Waals surface area contributed by atoms with Crippen LogP contribution in [0.4, 0.5) is 0 Å². The van der Waals surface area contributed by atoms with Gasteiger partial charge in [0, 0.05) is 40.3 Å². The van der Waals surface area contributed by atoms with Gasteiger partial charge in [-0.3, -0.25) is 0 Å². The molecule has 0 bridgehead atoms. The van der Waals surface area contributed by atoms with Crippen LogP contribution < -0.4 is 0 Å². The minimum Gasteiger partial charge on any atom is -0.301 e. The molecule has 1 fully saturated rings. The minimum absolute atomic E-state index is 0.596. The van der Waals surface area contributed by atoms with E-state index in [1.165, 1.54) is 16.3 Å². The Labute approximate surface area is 134 Å². The van der Waals surface area contributed by atoms with Gasteiger partial charge in [-0.2, -0.15) is 17.0 Å². The molecule has 0 aliphatic carbocycles. The first-order valence-electron chi connectivity index (χ1n) is 7.94. The standard InChI is InChI=1S/C16H27N3O2S/c1-17(2)22(20,21)19-14-12-18(13-15-19)11-7-6-10-16-8-4-3-5-9-16/h3-5,8-9H,6-7,10-15H2,1-2H3. The Balaban J connectivity index is 1.66. The molecule has 1 aromatic carbocycles. The number of hydrogen-bond acceptors (Lipinski definition) is 3. The molecule has 1 heterocycles. The van der Waals surface area contributed by atoms with Crippen LogP contribution >= 0.6 is 0 Å². The summed E-state index contributed by atoms with van der Waals surface area (Å²) in [5.74, 6) is 0. The van der Waals surface area contributed by atoms with E-state index in [-0.39, 0.29) is 0 Å². The zero-order valence-electron chi connectivity index (χ0n) is 13.6. The Morgan fingerprint density at radius 3 is 2.23 bits per heavy atom. The zero-order chi connectivity index (χ0) is 16.0. The molecule has 0 saturated carbocycles. The second-order valence-electron chi connectivity index (χ2n) is 5.97. The lowest BCUT2D eigenvalue weighted by Crippen LogP contribution is -2.51. The third kappa shape index (κ3) is 4.78. The molecule has 124 valence electrons. The molecule has 2 rings (SSSR count). The van der Waals surface area contributed by atoms with Gasteiger partial charge in [0.1, 0.15) is 0 Å². The summed E-state index contributed by atoms with van der Waals surface area (Å²) in [5.41, 5.74) is 1.39. The highest BCUT2D eigenvalue weighted by atomic mass is 32.2. The van der Waals surface area contributed by atoms with Crippen molar-refractivity contribution in [1.29, 1.82) is 0 Å². The zero-order valence-corrected chi connectivity index (χ0v) is 14.4. The summed E-state index contributed by atoms with van der Waals surface area (Å²) < 4.78 is 27.0. The molecule has 0 N–H and O–H groups in total. The largest absolute Gasteiger partial charge is 0.301 e. The van der Waals surface area contributed by atoms with E-state index in [1.807, 2.05) is 6.07 Å². The van der Waals surface area contributed by atoms with Crippen LogP contribution in [0.2, 0.25) is 0 Å². The summed E-state index contributed by atoms with van der Waals surface area (Å²) in [6.07, 6.45) is 3.46. The van der Waals surface area contributed by atoms with Crippen molar-refractivity contribution in [3.05, 3.63) is 35.9 Å². The second kappa shape index (κ2) is 8.06. The van der Waals surface area contributed by atoms with Crippen LogP contribution in [-0.2, 0) is 16.6 Å². The Hall–Kier alpha value is -0.950. The minimum atomic E-state index is -3.24. The SMILES string of the molecule is CN(C)S(=O)(=O)N1CCN(CCCCc2ccccc2)CC1. The van der Waals surface area contributed by atoms with Gasteiger partial charge in [0.15, 0.2) is 0 Å². The van der Waals surface area contributed by atoms with Gasteiger partial charge >= 0.3 is 0 Å². The van der Waals surface area contributed by atoms with E-state index in [0.717, 1.165) is 32.5 Å². The van der Waals surface area contributed by atoms with Crippen molar-refractivity contribution in [3.8, 4) is 0 Å². The Kier molecular flexibility index (Phi) is 6.37. The third-order valence-corrected chi connectivity index (χ3v) is 6.09. The fraction of sp³-hybridized carbons (Fsp3) is 0.625. The predicted molar refractivity (Wildman–Crippen MR) is 90.0 cm³/mol. The summed E-state index contributed by atoms with van der Waals surface area (Å²) >= 11 is 0. The van der Waals surface area contributed by atoms with E-state index < -0.39 is 10.2 Å². The maximum atomic E-state index is 12.0. The molecule has 1 aliphatic rings. The predicted octanol–water partition coefficient (Wildman–Crippen LogP) is 1.43. The number of unbranched alkanes of at least 4 members (excludes halogenated alkanes) is 1. The molecule has 5 nitrogen and oxygen atoms in total.